The molecule has 0 bridgehead atoms. The molecule has 26 heavy (non-hydrogen) atoms. The van der Waals surface area contributed by atoms with E-state index >= 15 is 0 Å². The van der Waals surface area contributed by atoms with Crippen LogP contribution in [0.25, 0.3) is 0 Å². The largest absolute Gasteiger partial charge is 0.465 e. The van der Waals surface area contributed by atoms with E-state index in [1.807, 2.05) is 0 Å². The Morgan fingerprint density at radius 2 is 1.73 bits per heavy atom. The first-order valence-electron chi connectivity index (χ1n) is 7.24. The summed E-state index contributed by atoms with van der Waals surface area (Å²) in [6.07, 6.45) is -4.62. The number of anilines is 2. The van der Waals surface area contributed by atoms with Crippen LogP contribution >= 0.6 is 0 Å². The number of nitrogens with one attached hydrogen (secondary N) is 1. The van der Waals surface area contributed by atoms with E-state index in [2.05, 4.69) is 14.8 Å². The second kappa shape index (κ2) is 7.59. The number of aryl methyl sites for hydroxylation is 1. The Balaban J connectivity index is 2.38. The number of carbonyl (C=O) groups excluding carboxylic acids is 1. The van der Waals surface area contributed by atoms with Crippen LogP contribution in [0.2, 0.25) is 0 Å². The predicted molar refractivity (Wildman–Crippen MR) is 83.9 cm³/mol. The zero-order valence-corrected chi connectivity index (χ0v) is 13.7. The van der Waals surface area contributed by atoms with Crippen molar-refractivity contribution in [3.8, 4) is 5.75 Å². The molecule has 0 unspecified atom stereocenters. The number of esters is 1. The van der Waals surface area contributed by atoms with Gasteiger partial charge in [0.1, 0.15) is 5.75 Å². The second-order valence-electron chi connectivity index (χ2n) is 5.23. The van der Waals surface area contributed by atoms with Gasteiger partial charge in [-0.3, -0.25) is 0 Å². The smallest absolute Gasteiger partial charge is 0.416 e. The molecule has 2 aromatic carbocycles. The standard InChI is InChI=1S/C17H14F5NO3/c1-9-7-11(26-16(18)19)4-6-13(9)23-14-5-3-10(17(20,21)22)8-12(14)15(24)25-2/h3-8,16,23H,1-2H3. The van der Waals surface area contributed by atoms with Gasteiger partial charge in [-0.15, -0.1) is 0 Å². The van der Waals surface area contributed by atoms with Crippen LogP contribution < -0.4 is 10.1 Å². The van der Waals surface area contributed by atoms with E-state index < -0.39 is 24.3 Å². The molecule has 0 saturated carbocycles. The molecular weight excluding hydrogens is 361 g/mol. The summed E-state index contributed by atoms with van der Waals surface area (Å²) < 4.78 is 71.8. The van der Waals surface area contributed by atoms with Crippen LogP contribution in [0.3, 0.4) is 0 Å². The lowest BCUT2D eigenvalue weighted by Crippen LogP contribution is -2.11. The van der Waals surface area contributed by atoms with Gasteiger partial charge in [0.15, 0.2) is 0 Å². The average molecular weight is 375 g/mol. The lowest BCUT2D eigenvalue weighted by molar-refractivity contribution is -0.137. The van der Waals surface area contributed by atoms with E-state index in [1.54, 1.807) is 6.92 Å². The molecule has 0 radical (unpaired) electrons. The number of alkyl halides is 5. The summed E-state index contributed by atoms with van der Waals surface area (Å²) in [5, 5.41) is 2.80. The minimum atomic E-state index is -4.62. The van der Waals surface area contributed by atoms with Crippen molar-refractivity contribution in [2.24, 2.45) is 0 Å². The summed E-state index contributed by atoms with van der Waals surface area (Å²) in [6.45, 7) is -1.39. The van der Waals surface area contributed by atoms with Crippen molar-refractivity contribution >= 4 is 17.3 Å². The van der Waals surface area contributed by atoms with Gasteiger partial charge in [-0.1, -0.05) is 0 Å². The predicted octanol–water partition coefficient (Wildman–Crippen LogP) is 5.15. The van der Waals surface area contributed by atoms with Crippen molar-refractivity contribution < 1.29 is 36.2 Å². The van der Waals surface area contributed by atoms with Gasteiger partial charge in [-0.25, -0.2) is 4.79 Å². The van der Waals surface area contributed by atoms with Crippen molar-refractivity contribution in [3.05, 3.63) is 53.1 Å². The molecule has 9 heteroatoms. The molecule has 0 aliphatic heterocycles. The Bertz CT molecular complexity index is 805. The van der Waals surface area contributed by atoms with Gasteiger partial charge in [0, 0.05) is 5.69 Å². The van der Waals surface area contributed by atoms with Crippen LogP contribution in [-0.2, 0) is 10.9 Å². The van der Waals surface area contributed by atoms with Gasteiger partial charge in [0.05, 0.1) is 23.9 Å². The number of hydrogen-bond acceptors (Lipinski definition) is 4. The summed E-state index contributed by atoms with van der Waals surface area (Å²) in [7, 11) is 1.05. The number of carbonyl (C=O) groups is 1. The highest BCUT2D eigenvalue weighted by molar-refractivity contribution is 5.97. The van der Waals surface area contributed by atoms with Crippen molar-refractivity contribution in [1.82, 2.24) is 0 Å². The SMILES string of the molecule is COC(=O)c1cc(C(F)(F)F)ccc1Nc1ccc(OC(F)F)cc1C. The number of benzene rings is 2. The topological polar surface area (TPSA) is 47.6 Å². The number of hydrogen-bond donors (Lipinski definition) is 1. The normalized spacial score (nSPS) is 11.4. The maximum atomic E-state index is 12.9. The Morgan fingerprint density at radius 3 is 2.27 bits per heavy atom. The van der Waals surface area contributed by atoms with Crippen LogP contribution in [0, 0.1) is 6.92 Å². The van der Waals surface area contributed by atoms with Crippen LogP contribution in [0.1, 0.15) is 21.5 Å². The summed E-state index contributed by atoms with van der Waals surface area (Å²) in [6, 6.07) is 6.60. The number of methoxy groups -OCH3 is 1. The van der Waals surface area contributed by atoms with Crippen molar-refractivity contribution in [2.45, 2.75) is 19.7 Å². The van der Waals surface area contributed by atoms with Gasteiger partial charge in [0.2, 0.25) is 0 Å². The molecule has 0 spiro atoms. The molecular formula is C17H14F5NO3. The van der Waals surface area contributed by atoms with Crippen LogP contribution in [-0.4, -0.2) is 19.7 Å². The maximum Gasteiger partial charge on any atom is 0.416 e. The molecule has 0 atom stereocenters. The molecule has 0 heterocycles. The van der Waals surface area contributed by atoms with E-state index in [1.165, 1.54) is 18.2 Å². The molecule has 0 aliphatic rings. The first kappa shape index (κ1) is 19.5. The van der Waals surface area contributed by atoms with Crippen LogP contribution in [0.5, 0.6) is 5.75 Å². The van der Waals surface area contributed by atoms with Crippen LogP contribution in [0.15, 0.2) is 36.4 Å². The molecule has 0 amide bonds. The van der Waals surface area contributed by atoms with Gasteiger partial charge >= 0.3 is 18.8 Å². The molecule has 140 valence electrons. The fraction of sp³-hybridized carbons (Fsp3) is 0.235. The fourth-order valence-corrected chi connectivity index (χ4v) is 2.21. The van der Waals surface area contributed by atoms with E-state index in [0.29, 0.717) is 17.3 Å². The number of ether oxygens (including phenoxy) is 2. The first-order chi connectivity index (χ1) is 12.1. The summed E-state index contributed by atoms with van der Waals surface area (Å²) in [4.78, 5) is 11.8. The zero-order chi connectivity index (χ0) is 19.5. The van der Waals surface area contributed by atoms with Gasteiger partial charge in [-0.05, 0) is 48.9 Å². The summed E-state index contributed by atoms with van der Waals surface area (Å²) in [5.74, 6) is -1.02. The molecule has 2 aromatic rings. The Labute approximate surface area is 145 Å². The van der Waals surface area contributed by atoms with E-state index in [-0.39, 0.29) is 17.0 Å². The van der Waals surface area contributed by atoms with E-state index in [4.69, 9.17) is 0 Å². The molecule has 1 N–H and O–H groups in total. The number of halogens is 5. The molecule has 0 fully saturated rings. The van der Waals surface area contributed by atoms with E-state index in [0.717, 1.165) is 19.2 Å². The Hall–Kier alpha value is -2.84. The molecule has 0 aliphatic carbocycles. The minimum absolute atomic E-state index is 0.0661. The summed E-state index contributed by atoms with van der Waals surface area (Å²) >= 11 is 0. The van der Waals surface area contributed by atoms with Gasteiger partial charge in [0.25, 0.3) is 0 Å². The zero-order valence-electron chi connectivity index (χ0n) is 13.7. The average Bonchev–Trinajstić information content (AvgIpc) is 2.55. The molecule has 0 saturated heterocycles. The Morgan fingerprint density at radius 1 is 1.08 bits per heavy atom. The maximum absolute atomic E-state index is 12.9. The lowest BCUT2D eigenvalue weighted by Gasteiger charge is -2.16. The summed E-state index contributed by atoms with van der Waals surface area (Å²) in [5.41, 5.74) is -0.346. The Kier molecular flexibility index (Phi) is 5.69. The molecule has 2 rings (SSSR count). The first-order valence-corrected chi connectivity index (χ1v) is 7.24. The van der Waals surface area contributed by atoms with Crippen molar-refractivity contribution in [3.63, 3.8) is 0 Å². The monoisotopic (exact) mass is 375 g/mol. The van der Waals surface area contributed by atoms with E-state index in [9.17, 15) is 26.7 Å². The third kappa shape index (κ3) is 4.62. The van der Waals surface area contributed by atoms with Crippen molar-refractivity contribution in [2.75, 3.05) is 12.4 Å². The van der Waals surface area contributed by atoms with Crippen LogP contribution in [0.4, 0.5) is 33.3 Å². The fourth-order valence-electron chi connectivity index (χ4n) is 2.21. The lowest BCUT2D eigenvalue weighted by atomic mass is 10.1. The third-order valence-electron chi connectivity index (χ3n) is 3.44. The second-order valence-corrected chi connectivity index (χ2v) is 5.23. The van der Waals surface area contributed by atoms with Crippen molar-refractivity contribution in [1.29, 1.82) is 0 Å². The highest BCUT2D eigenvalue weighted by Crippen LogP contribution is 2.34. The highest BCUT2D eigenvalue weighted by Gasteiger charge is 2.32. The highest BCUT2D eigenvalue weighted by atomic mass is 19.4. The van der Waals surface area contributed by atoms with Gasteiger partial charge in [-0.2, -0.15) is 22.0 Å². The minimum Gasteiger partial charge on any atom is -0.465 e. The quantitative estimate of drug-likeness (QED) is 0.580. The number of rotatable bonds is 5. The molecule has 0 aromatic heterocycles. The van der Waals surface area contributed by atoms with Gasteiger partial charge < -0.3 is 14.8 Å². The molecule has 4 nitrogen and oxygen atoms in total. The third-order valence-corrected chi connectivity index (χ3v) is 3.44.